The SMILES string of the molecule is [2H]c1c([2H])c(C#Cc2ccc(S(=O)(=O)N[C@H](Cc3c[nH]c4ccccc34)C(=O)O)s2)c([2H])c([2H])c1C. The molecule has 0 saturated heterocycles. The van der Waals surface area contributed by atoms with E-state index in [0.717, 1.165) is 22.2 Å². The number of carboxylic acid groups (broad SMARTS) is 1. The molecule has 0 fully saturated rings. The number of H-pyrrole nitrogens is 1. The molecular weight excluding hydrogens is 444 g/mol. The Morgan fingerprint density at radius 3 is 2.69 bits per heavy atom. The Morgan fingerprint density at radius 1 is 1.19 bits per heavy atom. The Labute approximate surface area is 195 Å². The van der Waals surface area contributed by atoms with Crippen molar-refractivity contribution in [3.63, 3.8) is 0 Å². The number of fused-ring (bicyclic) bond motifs is 1. The molecule has 2 heterocycles. The molecule has 0 saturated carbocycles. The van der Waals surface area contributed by atoms with E-state index in [1.54, 1.807) is 6.20 Å². The molecule has 32 heavy (non-hydrogen) atoms. The molecule has 0 amide bonds. The van der Waals surface area contributed by atoms with Crippen LogP contribution >= 0.6 is 11.3 Å². The average Bonchev–Trinajstić information content (AvgIpc) is 3.49. The van der Waals surface area contributed by atoms with Gasteiger partial charge < -0.3 is 10.1 Å². The lowest BCUT2D eigenvalue weighted by Gasteiger charge is -2.13. The Hall–Kier alpha value is -3.38. The fraction of sp³-hybridized carbons (Fsp3) is 0.125. The van der Waals surface area contributed by atoms with Crippen molar-refractivity contribution in [1.29, 1.82) is 0 Å². The van der Waals surface area contributed by atoms with Crippen molar-refractivity contribution >= 4 is 38.2 Å². The van der Waals surface area contributed by atoms with Gasteiger partial charge in [-0.25, -0.2) is 8.42 Å². The Morgan fingerprint density at radius 2 is 1.94 bits per heavy atom. The first kappa shape index (κ1) is 17.2. The van der Waals surface area contributed by atoms with Crippen molar-refractivity contribution in [3.05, 3.63) is 88.3 Å². The van der Waals surface area contributed by atoms with Crippen molar-refractivity contribution in [2.45, 2.75) is 23.6 Å². The van der Waals surface area contributed by atoms with Crippen LogP contribution in [0.2, 0.25) is 0 Å². The number of aromatic amines is 1. The second-order valence-corrected chi connectivity index (χ2v) is 9.97. The van der Waals surface area contributed by atoms with Gasteiger partial charge >= 0.3 is 5.97 Å². The molecule has 2 aromatic heterocycles. The molecular formula is C24H20N2O4S2. The third kappa shape index (κ3) is 4.92. The topological polar surface area (TPSA) is 99.3 Å². The molecule has 1 atom stereocenters. The zero-order chi connectivity index (χ0) is 26.2. The first-order valence-electron chi connectivity index (χ1n) is 11.5. The van der Waals surface area contributed by atoms with E-state index in [1.807, 2.05) is 24.3 Å². The summed E-state index contributed by atoms with van der Waals surface area (Å²) in [6.07, 6.45) is 1.60. The fourth-order valence-electron chi connectivity index (χ4n) is 3.04. The van der Waals surface area contributed by atoms with E-state index >= 15 is 0 Å². The van der Waals surface area contributed by atoms with Gasteiger partial charge in [0, 0.05) is 29.1 Å². The van der Waals surface area contributed by atoms with Crippen LogP contribution in [0.4, 0.5) is 0 Å². The molecule has 0 aliphatic rings. The summed E-state index contributed by atoms with van der Waals surface area (Å²) in [6.45, 7) is 1.49. The Balaban J connectivity index is 1.58. The summed E-state index contributed by atoms with van der Waals surface area (Å²) in [6, 6.07) is 7.73. The van der Waals surface area contributed by atoms with Gasteiger partial charge in [0.15, 0.2) is 0 Å². The second-order valence-electron chi connectivity index (χ2n) is 6.94. The number of benzene rings is 2. The van der Waals surface area contributed by atoms with Gasteiger partial charge in [0.2, 0.25) is 0 Å². The van der Waals surface area contributed by atoms with Crippen LogP contribution in [0.3, 0.4) is 0 Å². The van der Waals surface area contributed by atoms with E-state index in [9.17, 15) is 18.3 Å². The zero-order valence-electron chi connectivity index (χ0n) is 20.8. The van der Waals surface area contributed by atoms with Crippen molar-refractivity contribution < 1.29 is 23.8 Å². The van der Waals surface area contributed by atoms with E-state index < -0.39 is 22.0 Å². The van der Waals surface area contributed by atoms with Gasteiger partial charge in [0.25, 0.3) is 10.0 Å². The fourth-order valence-corrected chi connectivity index (χ4v) is 5.40. The van der Waals surface area contributed by atoms with Crippen molar-refractivity contribution in [2.24, 2.45) is 0 Å². The molecule has 3 N–H and O–H groups in total. The molecule has 0 unspecified atom stereocenters. The number of carbonyl (C=O) groups is 1. The summed E-state index contributed by atoms with van der Waals surface area (Å²) in [5.41, 5.74) is 1.61. The number of hydrogen-bond donors (Lipinski definition) is 3. The van der Waals surface area contributed by atoms with Gasteiger partial charge in [0.1, 0.15) is 10.3 Å². The standard InChI is InChI=1S/C24H20N2O4S2/c1-16-6-8-17(9-7-16)10-11-19-12-13-23(31-19)32(29,30)26-22(24(27)28)14-18-15-25-21-5-3-2-4-20(18)21/h2-9,12-13,15,22,25-26H,14H2,1H3,(H,27,28)/t22-/m1/s1/i6D,7D,8D,9D. The van der Waals surface area contributed by atoms with Gasteiger partial charge in [-0.3, -0.25) is 4.79 Å². The van der Waals surface area contributed by atoms with Crippen LogP contribution in [-0.2, 0) is 21.2 Å². The summed E-state index contributed by atoms with van der Waals surface area (Å²) >= 11 is 0.807. The second kappa shape index (κ2) is 9.01. The number of carboxylic acids is 1. The number of aromatic nitrogens is 1. The molecule has 0 radical (unpaired) electrons. The van der Waals surface area contributed by atoms with Crippen LogP contribution < -0.4 is 4.72 Å². The smallest absolute Gasteiger partial charge is 0.322 e. The molecule has 0 spiro atoms. The Kier molecular flexibility index (Phi) is 4.84. The molecule has 0 aliphatic heterocycles. The minimum atomic E-state index is -4.18. The highest BCUT2D eigenvalue weighted by molar-refractivity contribution is 7.91. The molecule has 162 valence electrons. The van der Waals surface area contributed by atoms with E-state index in [4.69, 9.17) is 5.48 Å². The first-order chi connectivity index (χ1) is 17.0. The molecule has 8 heteroatoms. The van der Waals surface area contributed by atoms with Gasteiger partial charge in [0.05, 0.1) is 10.4 Å². The number of sulfonamides is 1. The summed E-state index contributed by atoms with van der Waals surface area (Å²) < 4.78 is 59.9. The number of nitrogens with one attached hydrogen (secondary N) is 2. The van der Waals surface area contributed by atoms with Crippen molar-refractivity contribution in [1.82, 2.24) is 9.71 Å². The number of rotatable bonds is 6. The number of aliphatic carboxylic acids is 1. The maximum absolute atomic E-state index is 12.9. The molecule has 0 aliphatic carbocycles. The predicted molar refractivity (Wildman–Crippen MR) is 125 cm³/mol. The largest absolute Gasteiger partial charge is 0.480 e. The number of para-hydroxylation sites is 1. The highest BCUT2D eigenvalue weighted by atomic mass is 32.2. The van der Waals surface area contributed by atoms with Crippen LogP contribution in [0.1, 0.15) is 27.1 Å². The summed E-state index contributed by atoms with van der Waals surface area (Å²) in [5, 5.41) is 10.5. The van der Waals surface area contributed by atoms with Gasteiger partial charge in [-0.1, -0.05) is 47.7 Å². The van der Waals surface area contributed by atoms with Crippen molar-refractivity contribution in [3.8, 4) is 11.8 Å². The minimum absolute atomic E-state index is 0.0620. The maximum Gasteiger partial charge on any atom is 0.322 e. The first-order valence-corrected chi connectivity index (χ1v) is 11.8. The summed E-state index contributed by atoms with van der Waals surface area (Å²) in [4.78, 5) is 15.2. The van der Waals surface area contributed by atoms with Crippen molar-refractivity contribution in [2.75, 3.05) is 0 Å². The predicted octanol–water partition coefficient (Wildman–Crippen LogP) is 3.91. The quantitative estimate of drug-likeness (QED) is 0.374. The van der Waals surface area contributed by atoms with E-state index in [1.165, 1.54) is 19.1 Å². The van der Waals surface area contributed by atoms with Gasteiger partial charge in [-0.15, -0.1) is 11.3 Å². The maximum atomic E-state index is 12.9. The lowest BCUT2D eigenvalue weighted by atomic mass is 10.1. The highest BCUT2D eigenvalue weighted by Gasteiger charge is 2.27. The van der Waals surface area contributed by atoms with E-state index in [-0.39, 0.29) is 45.9 Å². The lowest BCUT2D eigenvalue weighted by molar-refractivity contribution is -0.138. The normalized spacial score (nSPS) is 14.0. The number of thiophene rings is 1. The third-order valence-electron chi connectivity index (χ3n) is 4.60. The minimum Gasteiger partial charge on any atom is -0.480 e. The lowest BCUT2D eigenvalue weighted by Crippen LogP contribution is -2.41. The van der Waals surface area contributed by atoms with Gasteiger partial charge in [-0.2, -0.15) is 4.72 Å². The molecule has 4 aromatic rings. The average molecular weight is 469 g/mol. The highest BCUT2D eigenvalue weighted by Crippen LogP contribution is 2.23. The molecule has 6 nitrogen and oxygen atoms in total. The van der Waals surface area contributed by atoms with E-state index in [2.05, 4.69) is 21.5 Å². The van der Waals surface area contributed by atoms with Crippen LogP contribution in [-0.4, -0.2) is 30.5 Å². The number of hydrogen-bond acceptors (Lipinski definition) is 4. The summed E-state index contributed by atoms with van der Waals surface area (Å²) in [5.74, 6) is 3.98. The molecule has 2 aromatic carbocycles. The van der Waals surface area contributed by atoms with Crippen LogP contribution in [0.5, 0.6) is 0 Å². The monoisotopic (exact) mass is 468 g/mol. The Bertz CT molecular complexity index is 1640. The van der Waals surface area contributed by atoms with E-state index in [0.29, 0.717) is 10.4 Å². The van der Waals surface area contributed by atoms with Crippen LogP contribution in [0.25, 0.3) is 10.9 Å². The zero-order valence-corrected chi connectivity index (χ0v) is 18.4. The third-order valence-corrected chi connectivity index (χ3v) is 7.57. The molecule has 0 bridgehead atoms. The van der Waals surface area contributed by atoms with Crippen LogP contribution in [0.15, 0.2) is 71.0 Å². The van der Waals surface area contributed by atoms with Crippen LogP contribution in [0, 0.1) is 18.8 Å². The molecule has 4 rings (SSSR count). The van der Waals surface area contributed by atoms with Gasteiger partial charge in [-0.05, 0) is 42.8 Å². The summed E-state index contributed by atoms with van der Waals surface area (Å²) in [7, 11) is -4.18.